The fourth-order valence-corrected chi connectivity index (χ4v) is 3.80. The lowest BCUT2D eigenvalue weighted by Gasteiger charge is -2.17. The molecule has 26 heavy (non-hydrogen) atoms. The average molecular weight is 352 g/mol. The standard InChI is InChI=1S/C19H24N6O/c1-25(2)11-14-12-5-3-4-6-15(12)23-16(14)9-17-18(21-8-7-20-17)13-10-22-24-19(13)26/h7-10,13,20,23H,3-6,11H2,1-2H3,(H,24,26). The average Bonchev–Trinajstić information content (AvgIpc) is 3.19. The van der Waals surface area contributed by atoms with Crippen molar-refractivity contribution in [3.8, 4) is 0 Å². The Morgan fingerprint density at radius 1 is 1.31 bits per heavy atom. The summed E-state index contributed by atoms with van der Waals surface area (Å²) in [6, 6.07) is 0. The minimum absolute atomic E-state index is 0.147. The van der Waals surface area contributed by atoms with Crippen LogP contribution < -0.4 is 10.7 Å². The van der Waals surface area contributed by atoms with Crippen molar-refractivity contribution in [2.24, 2.45) is 16.0 Å². The second-order valence-corrected chi connectivity index (χ2v) is 7.18. The molecule has 0 fully saturated rings. The van der Waals surface area contributed by atoms with E-state index in [0.29, 0.717) is 5.71 Å². The highest BCUT2D eigenvalue weighted by molar-refractivity contribution is 6.24. The maximum absolute atomic E-state index is 12.0. The predicted octanol–water partition coefficient (Wildman–Crippen LogP) is 1.54. The summed E-state index contributed by atoms with van der Waals surface area (Å²) in [6.07, 6.45) is 11.9. The van der Waals surface area contributed by atoms with Crippen LogP contribution in [0.2, 0.25) is 0 Å². The Kier molecular flexibility index (Phi) is 4.46. The van der Waals surface area contributed by atoms with Crippen LogP contribution in [0, 0.1) is 5.92 Å². The molecule has 7 nitrogen and oxygen atoms in total. The summed E-state index contributed by atoms with van der Waals surface area (Å²) in [4.78, 5) is 22.3. The first-order valence-corrected chi connectivity index (χ1v) is 9.05. The van der Waals surface area contributed by atoms with Gasteiger partial charge in [0.25, 0.3) is 5.91 Å². The number of carbonyl (C=O) groups excluding carboxylic acids is 1. The Bertz CT molecular complexity index is 842. The Hall–Kier alpha value is -2.67. The van der Waals surface area contributed by atoms with Crippen molar-refractivity contribution in [1.29, 1.82) is 0 Å². The van der Waals surface area contributed by atoms with Gasteiger partial charge in [-0.2, -0.15) is 5.10 Å². The van der Waals surface area contributed by atoms with E-state index < -0.39 is 5.92 Å². The number of nitrogens with zero attached hydrogens (tertiary/aromatic N) is 3. The topological polar surface area (TPSA) is 84.9 Å². The summed E-state index contributed by atoms with van der Waals surface area (Å²) in [6.45, 7) is 0.888. The molecule has 1 aromatic rings. The van der Waals surface area contributed by atoms with E-state index in [0.717, 1.165) is 30.8 Å². The van der Waals surface area contributed by atoms with Crippen LogP contribution in [0.5, 0.6) is 0 Å². The molecule has 4 rings (SSSR count). The Labute approximate surface area is 152 Å². The van der Waals surface area contributed by atoms with Gasteiger partial charge in [-0.25, -0.2) is 5.43 Å². The van der Waals surface area contributed by atoms with Gasteiger partial charge in [0.2, 0.25) is 0 Å². The van der Waals surface area contributed by atoms with Gasteiger partial charge in [-0.15, -0.1) is 0 Å². The van der Waals surface area contributed by atoms with Gasteiger partial charge in [0, 0.05) is 36.5 Å². The molecular formula is C19H24N6O. The predicted molar refractivity (Wildman–Crippen MR) is 103 cm³/mol. The lowest BCUT2D eigenvalue weighted by Crippen LogP contribution is -2.32. The molecule has 136 valence electrons. The van der Waals surface area contributed by atoms with E-state index in [4.69, 9.17) is 0 Å². The first kappa shape index (κ1) is 16.8. The Morgan fingerprint density at radius 3 is 2.92 bits per heavy atom. The SMILES string of the molecule is CN(C)Cc1c(C=C2NC=CN=C2C2C=NNC2=O)[nH]c2c1CCCC2. The highest BCUT2D eigenvalue weighted by Gasteiger charge is 2.30. The number of fused-ring (bicyclic) bond motifs is 1. The van der Waals surface area contributed by atoms with Crippen molar-refractivity contribution in [3.05, 3.63) is 40.6 Å². The van der Waals surface area contributed by atoms with E-state index >= 15 is 0 Å². The quantitative estimate of drug-likeness (QED) is 0.768. The smallest absolute Gasteiger partial charge is 0.254 e. The zero-order valence-electron chi connectivity index (χ0n) is 15.2. The van der Waals surface area contributed by atoms with Crippen molar-refractivity contribution in [2.45, 2.75) is 32.2 Å². The van der Waals surface area contributed by atoms with Crippen LogP contribution in [0.25, 0.3) is 6.08 Å². The fraction of sp³-hybridized carbons (Fsp3) is 0.421. The van der Waals surface area contributed by atoms with Gasteiger partial charge in [-0.05, 0) is 57.0 Å². The highest BCUT2D eigenvalue weighted by Crippen LogP contribution is 2.29. The molecule has 0 aromatic carbocycles. The van der Waals surface area contributed by atoms with Gasteiger partial charge in [0.05, 0.1) is 11.4 Å². The third kappa shape index (κ3) is 3.10. The lowest BCUT2D eigenvalue weighted by atomic mass is 9.93. The van der Waals surface area contributed by atoms with Crippen molar-refractivity contribution in [2.75, 3.05) is 14.1 Å². The molecule has 1 aromatic heterocycles. The van der Waals surface area contributed by atoms with Gasteiger partial charge in [-0.3, -0.25) is 9.79 Å². The van der Waals surface area contributed by atoms with E-state index in [2.05, 4.69) is 50.9 Å². The maximum atomic E-state index is 12.0. The van der Waals surface area contributed by atoms with Crippen molar-refractivity contribution < 1.29 is 4.79 Å². The first-order valence-electron chi connectivity index (χ1n) is 9.05. The zero-order valence-corrected chi connectivity index (χ0v) is 15.2. The number of carbonyl (C=O) groups is 1. The summed E-state index contributed by atoms with van der Waals surface area (Å²) in [5.74, 6) is -0.605. The molecule has 3 heterocycles. The number of amides is 1. The van der Waals surface area contributed by atoms with Gasteiger partial charge < -0.3 is 15.2 Å². The number of hydrazone groups is 1. The molecule has 3 aliphatic rings. The molecule has 1 atom stereocenters. The molecule has 0 saturated carbocycles. The maximum Gasteiger partial charge on any atom is 0.254 e. The third-order valence-corrected chi connectivity index (χ3v) is 4.98. The summed E-state index contributed by atoms with van der Waals surface area (Å²) < 4.78 is 0. The Balaban J connectivity index is 1.74. The Morgan fingerprint density at radius 2 is 2.15 bits per heavy atom. The molecular weight excluding hydrogens is 328 g/mol. The molecule has 7 heteroatoms. The van der Waals surface area contributed by atoms with Gasteiger partial charge in [0.1, 0.15) is 5.92 Å². The largest absolute Gasteiger partial charge is 0.359 e. The van der Waals surface area contributed by atoms with Gasteiger partial charge >= 0.3 is 0 Å². The van der Waals surface area contributed by atoms with E-state index in [1.165, 1.54) is 29.7 Å². The summed E-state index contributed by atoms with van der Waals surface area (Å²) in [7, 11) is 4.18. The van der Waals surface area contributed by atoms with Crippen LogP contribution in [-0.2, 0) is 24.2 Å². The van der Waals surface area contributed by atoms with Crippen molar-refractivity contribution >= 4 is 23.9 Å². The normalized spacial score (nSPS) is 23.2. The molecule has 1 unspecified atom stereocenters. The number of aromatic nitrogens is 1. The molecule has 0 saturated heterocycles. The molecule has 0 radical (unpaired) electrons. The van der Waals surface area contributed by atoms with Crippen LogP contribution in [-0.4, -0.2) is 41.8 Å². The van der Waals surface area contributed by atoms with Crippen molar-refractivity contribution in [1.82, 2.24) is 20.6 Å². The number of hydrogen-bond donors (Lipinski definition) is 3. The zero-order chi connectivity index (χ0) is 18.1. The molecule has 2 aliphatic heterocycles. The molecule has 0 bridgehead atoms. The second kappa shape index (κ2) is 6.92. The monoisotopic (exact) mass is 352 g/mol. The lowest BCUT2D eigenvalue weighted by molar-refractivity contribution is -0.120. The van der Waals surface area contributed by atoms with E-state index in [1.54, 1.807) is 18.6 Å². The minimum Gasteiger partial charge on any atom is -0.359 e. The number of allylic oxidation sites excluding steroid dienone is 1. The summed E-state index contributed by atoms with van der Waals surface area (Å²) in [5.41, 5.74) is 9.27. The first-order chi connectivity index (χ1) is 12.6. The van der Waals surface area contributed by atoms with E-state index in [9.17, 15) is 4.79 Å². The fourth-order valence-electron chi connectivity index (χ4n) is 3.80. The van der Waals surface area contributed by atoms with Gasteiger partial charge in [-0.1, -0.05) is 0 Å². The van der Waals surface area contributed by atoms with Crippen LogP contribution in [0.3, 0.4) is 0 Å². The van der Waals surface area contributed by atoms with Crippen LogP contribution in [0.15, 0.2) is 28.2 Å². The number of H-pyrrole nitrogens is 1. The third-order valence-electron chi connectivity index (χ3n) is 4.98. The second-order valence-electron chi connectivity index (χ2n) is 7.18. The molecule has 1 amide bonds. The van der Waals surface area contributed by atoms with Crippen LogP contribution >= 0.6 is 0 Å². The van der Waals surface area contributed by atoms with Gasteiger partial charge in [0.15, 0.2) is 0 Å². The van der Waals surface area contributed by atoms with Crippen LogP contribution in [0.4, 0.5) is 0 Å². The summed E-state index contributed by atoms with van der Waals surface area (Å²) in [5, 5.41) is 7.12. The number of aryl methyl sites for hydroxylation is 1. The highest BCUT2D eigenvalue weighted by atomic mass is 16.2. The number of aliphatic imine (C=N–C) groups is 1. The van der Waals surface area contributed by atoms with Crippen LogP contribution in [0.1, 0.15) is 35.4 Å². The summed E-state index contributed by atoms with van der Waals surface area (Å²) >= 11 is 0. The number of nitrogens with one attached hydrogen (secondary N) is 3. The molecule has 3 N–H and O–H groups in total. The minimum atomic E-state index is -0.458. The van der Waals surface area contributed by atoms with Crippen molar-refractivity contribution in [3.63, 3.8) is 0 Å². The number of rotatable bonds is 4. The molecule has 0 spiro atoms. The molecule has 1 aliphatic carbocycles. The van der Waals surface area contributed by atoms with E-state index in [-0.39, 0.29) is 5.91 Å². The number of hydrogen-bond acceptors (Lipinski definition) is 5. The van der Waals surface area contributed by atoms with E-state index in [1.807, 2.05) is 0 Å². The number of aromatic amines is 1.